The van der Waals surface area contributed by atoms with Crippen LogP contribution >= 0.6 is 24.0 Å². The van der Waals surface area contributed by atoms with Gasteiger partial charge in [-0.15, -0.1) is 12.4 Å². The molecule has 0 aliphatic rings. The van der Waals surface area contributed by atoms with Crippen LogP contribution in [0.15, 0.2) is 12.3 Å². The summed E-state index contributed by atoms with van der Waals surface area (Å²) >= 11 is 5.70. The minimum Gasteiger partial charge on any atom is -0.245 e. The quantitative estimate of drug-likeness (QED) is 0.627. The van der Waals surface area contributed by atoms with Crippen LogP contribution in [0.1, 0.15) is 11.3 Å². The first-order valence-corrected chi connectivity index (χ1v) is 3.14. The number of rotatable bonds is 0. The highest BCUT2D eigenvalue weighted by atomic mass is 35.5. The third-order valence-corrected chi connectivity index (χ3v) is 1.65. The highest BCUT2D eigenvalue weighted by Crippen LogP contribution is 2.14. The Bertz CT molecular complexity index is 291. The summed E-state index contributed by atoms with van der Waals surface area (Å²) in [6, 6.07) is 3.60. The Kier molecular flexibility index (Phi) is 3.88. The Morgan fingerprint density at radius 3 is 2.73 bits per heavy atom. The normalized spacial score (nSPS) is 8.09. The van der Waals surface area contributed by atoms with E-state index in [-0.39, 0.29) is 12.4 Å². The maximum absolute atomic E-state index is 8.47. The molecule has 0 aromatic carbocycles. The van der Waals surface area contributed by atoms with Crippen molar-refractivity contribution in [2.75, 3.05) is 0 Å². The molecule has 1 aromatic heterocycles. The number of hydrogen-bond acceptors (Lipinski definition) is 2. The highest BCUT2D eigenvalue weighted by molar-refractivity contribution is 6.31. The summed E-state index contributed by atoms with van der Waals surface area (Å²) in [4.78, 5) is 3.81. The summed E-state index contributed by atoms with van der Waals surface area (Å²) in [7, 11) is 0. The fraction of sp³-hybridized carbons (Fsp3) is 0.143. The van der Waals surface area contributed by atoms with E-state index in [1.165, 1.54) is 6.20 Å². The minimum atomic E-state index is 0. The van der Waals surface area contributed by atoms with Gasteiger partial charge in [-0.05, 0) is 13.0 Å². The fourth-order valence-electron chi connectivity index (χ4n) is 0.625. The summed E-state index contributed by atoms with van der Waals surface area (Å²) in [5.41, 5.74) is 1.14. The average molecular weight is 189 g/mol. The van der Waals surface area contributed by atoms with Crippen molar-refractivity contribution in [3.63, 3.8) is 0 Å². The highest BCUT2D eigenvalue weighted by Gasteiger charge is 2.00. The number of nitriles is 1. The van der Waals surface area contributed by atoms with E-state index in [1.807, 2.05) is 6.07 Å². The predicted octanol–water partition coefficient (Wildman–Crippen LogP) is 2.34. The van der Waals surface area contributed by atoms with E-state index in [2.05, 4.69) is 4.98 Å². The lowest BCUT2D eigenvalue weighted by Crippen LogP contribution is -1.86. The van der Waals surface area contributed by atoms with Crippen LogP contribution in [0.5, 0.6) is 0 Å². The molecule has 2 nitrogen and oxygen atoms in total. The molecule has 0 saturated heterocycles. The Hall–Kier alpha value is -0.780. The molecule has 0 fully saturated rings. The first kappa shape index (κ1) is 10.2. The van der Waals surface area contributed by atoms with Gasteiger partial charge in [-0.2, -0.15) is 5.26 Å². The first-order chi connectivity index (χ1) is 4.75. The maximum atomic E-state index is 8.47. The van der Waals surface area contributed by atoms with Gasteiger partial charge in [0.15, 0.2) is 0 Å². The SMILES string of the molecule is Cc1c(Cl)ccnc1C#N.Cl. The van der Waals surface area contributed by atoms with Crippen molar-refractivity contribution < 1.29 is 0 Å². The lowest BCUT2D eigenvalue weighted by atomic mass is 10.2. The molecule has 0 aliphatic heterocycles. The second-order valence-electron chi connectivity index (χ2n) is 1.88. The van der Waals surface area contributed by atoms with Gasteiger partial charge in [0.2, 0.25) is 0 Å². The van der Waals surface area contributed by atoms with Gasteiger partial charge in [-0.3, -0.25) is 0 Å². The zero-order chi connectivity index (χ0) is 7.56. The van der Waals surface area contributed by atoms with Gasteiger partial charge in [0, 0.05) is 16.8 Å². The summed E-state index contributed by atoms with van der Waals surface area (Å²) in [5.74, 6) is 0. The van der Waals surface area contributed by atoms with E-state index in [0.29, 0.717) is 10.7 Å². The molecule has 0 spiro atoms. The smallest absolute Gasteiger partial charge is 0.144 e. The molecular weight excluding hydrogens is 183 g/mol. The number of aromatic nitrogens is 1. The van der Waals surface area contributed by atoms with Crippen LogP contribution in [-0.4, -0.2) is 4.98 Å². The molecule has 0 bridgehead atoms. The number of pyridine rings is 1. The van der Waals surface area contributed by atoms with Gasteiger partial charge in [0.25, 0.3) is 0 Å². The molecule has 1 heterocycles. The lowest BCUT2D eigenvalue weighted by molar-refractivity contribution is 1.21. The Balaban J connectivity index is 0.000001000. The molecule has 0 aliphatic carbocycles. The van der Waals surface area contributed by atoms with Crippen molar-refractivity contribution in [3.05, 3.63) is 28.5 Å². The van der Waals surface area contributed by atoms with E-state index in [1.54, 1.807) is 13.0 Å². The summed E-state index contributed by atoms with van der Waals surface area (Å²) < 4.78 is 0. The summed E-state index contributed by atoms with van der Waals surface area (Å²) in [6.45, 7) is 1.77. The molecule has 4 heteroatoms. The third kappa shape index (κ3) is 2.07. The van der Waals surface area contributed by atoms with Crippen LogP contribution < -0.4 is 0 Å². The molecule has 0 radical (unpaired) electrons. The molecule has 1 aromatic rings. The van der Waals surface area contributed by atoms with Crippen molar-refractivity contribution in [1.82, 2.24) is 4.98 Å². The monoisotopic (exact) mass is 188 g/mol. The number of hydrogen-bond donors (Lipinski definition) is 0. The van der Waals surface area contributed by atoms with E-state index >= 15 is 0 Å². The Morgan fingerprint density at radius 1 is 1.64 bits per heavy atom. The lowest BCUT2D eigenvalue weighted by Gasteiger charge is -1.95. The van der Waals surface area contributed by atoms with Crippen LogP contribution in [0.25, 0.3) is 0 Å². The van der Waals surface area contributed by atoms with E-state index in [9.17, 15) is 0 Å². The van der Waals surface area contributed by atoms with Crippen LogP contribution in [0.4, 0.5) is 0 Å². The Morgan fingerprint density at radius 2 is 2.27 bits per heavy atom. The molecule has 1 rings (SSSR count). The molecule has 0 unspecified atom stereocenters. The zero-order valence-corrected chi connectivity index (χ0v) is 7.41. The van der Waals surface area contributed by atoms with Crippen molar-refractivity contribution in [2.24, 2.45) is 0 Å². The second-order valence-corrected chi connectivity index (χ2v) is 2.29. The summed E-state index contributed by atoms with van der Waals surface area (Å²) in [5, 5.41) is 9.06. The third-order valence-electron chi connectivity index (χ3n) is 1.24. The van der Waals surface area contributed by atoms with Crippen molar-refractivity contribution in [1.29, 1.82) is 5.26 Å². The standard InChI is InChI=1S/C7H5ClN2.ClH/c1-5-6(8)2-3-10-7(5)4-9;/h2-3H,1H3;1H. The molecule has 0 atom stereocenters. The van der Waals surface area contributed by atoms with Gasteiger partial charge in [0.1, 0.15) is 11.8 Å². The van der Waals surface area contributed by atoms with Crippen LogP contribution in [-0.2, 0) is 0 Å². The predicted molar refractivity (Wildman–Crippen MR) is 45.9 cm³/mol. The maximum Gasteiger partial charge on any atom is 0.144 e. The van der Waals surface area contributed by atoms with E-state index in [0.717, 1.165) is 5.56 Å². The van der Waals surface area contributed by atoms with E-state index in [4.69, 9.17) is 16.9 Å². The largest absolute Gasteiger partial charge is 0.245 e. The second kappa shape index (κ2) is 4.17. The van der Waals surface area contributed by atoms with Gasteiger partial charge < -0.3 is 0 Å². The molecule has 58 valence electrons. The molecule has 11 heavy (non-hydrogen) atoms. The molecular formula is C7H6Cl2N2. The minimum absolute atomic E-state index is 0. The average Bonchev–Trinajstić information content (AvgIpc) is 1.95. The Labute approximate surface area is 76.2 Å². The first-order valence-electron chi connectivity index (χ1n) is 2.77. The van der Waals surface area contributed by atoms with Gasteiger partial charge >= 0.3 is 0 Å². The van der Waals surface area contributed by atoms with E-state index < -0.39 is 0 Å². The topological polar surface area (TPSA) is 36.7 Å². The van der Waals surface area contributed by atoms with Crippen molar-refractivity contribution >= 4 is 24.0 Å². The van der Waals surface area contributed by atoms with Crippen LogP contribution in [0, 0.1) is 18.3 Å². The van der Waals surface area contributed by atoms with Gasteiger partial charge in [0.05, 0.1) is 0 Å². The van der Waals surface area contributed by atoms with Crippen molar-refractivity contribution in [2.45, 2.75) is 6.92 Å². The number of nitrogens with zero attached hydrogens (tertiary/aromatic N) is 2. The van der Waals surface area contributed by atoms with Crippen LogP contribution in [0.2, 0.25) is 5.02 Å². The van der Waals surface area contributed by atoms with Crippen LogP contribution in [0.3, 0.4) is 0 Å². The molecule has 0 saturated carbocycles. The van der Waals surface area contributed by atoms with Gasteiger partial charge in [-0.1, -0.05) is 11.6 Å². The molecule has 0 N–H and O–H groups in total. The van der Waals surface area contributed by atoms with Crippen molar-refractivity contribution in [3.8, 4) is 6.07 Å². The number of halogens is 2. The fourth-order valence-corrected chi connectivity index (χ4v) is 0.771. The van der Waals surface area contributed by atoms with Gasteiger partial charge in [-0.25, -0.2) is 4.98 Å². The summed E-state index contributed by atoms with van der Waals surface area (Å²) in [6.07, 6.45) is 1.52. The molecule has 0 amide bonds. The zero-order valence-electron chi connectivity index (χ0n) is 5.84.